The summed E-state index contributed by atoms with van der Waals surface area (Å²) in [6.45, 7) is 2.01. The molecule has 3 nitrogen and oxygen atoms in total. The normalized spacial score (nSPS) is 15.8. The van der Waals surface area contributed by atoms with Crippen molar-refractivity contribution in [1.29, 1.82) is 0 Å². The highest BCUT2D eigenvalue weighted by molar-refractivity contribution is 8.00. The second-order valence-corrected chi connectivity index (χ2v) is 6.99. The number of aryl methyl sites for hydroxylation is 1. The quantitative estimate of drug-likeness (QED) is 0.891. The van der Waals surface area contributed by atoms with Gasteiger partial charge in [-0.15, -0.1) is 23.1 Å². The molecular weight excluding hydrogens is 274 g/mol. The minimum atomic E-state index is 0.753. The van der Waals surface area contributed by atoms with E-state index < -0.39 is 0 Å². The van der Waals surface area contributed by atoms with Gasteiger partial charge in [0.05, 0.1) is 10.6 Å². The molecule has 3 rings (SSSR count). The van der Waals surface area contributed by atoms with E-state index in [1.54, 1.807) is 11.3 Å². The molecule has 19 heavy (non-hydrogen) atoms. The predicted octanol–water partition coefficient (Wildman–Crippen LogP) is 4.62. The maximum absolute atomic E-state index is 4.46. The maximum Gasteiger partial charge on any atom is 0.188 e. The van der Waals surface area contributed by atoms with Crippen molar-refractivity contribution in [1.82, 2.24) is 9.97 Å². The number of nitrogens with zero attached hydrogens (tertiary/aromatic N) is 2. The third-order valence-electron chi connectivity index (χ3n) is 3.21. The highest BCUT2D eigenvalue weighted by atomic mass is 32.2. The molecule has 1 aliphatic rings. The summed E-state index contributed by atoms with van der Waals surface area (Å²) in [5.41, 5.74) is 1.05. The van der Waals surface area contributed by atoms with Crippen LogP contribution < -0.4 is 5.32 Å². The molecule has 0 amide bonds. The second-order valence-electron chi connectivity index (χ2n) is 4.79. The SMILES string of the molecule is Cc1csc(Nc2ncccc2SC2CCCC2)n1. The van der Waals surface area contributed by atoms with Crippen molar-refractivity contribution in [3.8, 4) is 0 Å². The molecule has 2 aromatic rings. The molecule has 2 aromatic heterocycles. The Balaban J connectivity index is 1.76. The molecule has 0 aliphatic heterocycles. The molecule has 0 radical (unpaired) electrons. The Morgan fingerprint density at radius 1 is 1.37 bits per heavy atom. The summed E-state index contributed by atoms with van der Waals surface area (Å²) in [6, 6.07) is 4.16. The van der Waals surface area contributed by atoms with Gasteiger partial charge in [-0.3, -0.25) is 0 Å². The summed E-state index contributed by atoms with van der Waals surface area (Å²) in [6.07, 6.45) is 7.23. The van der Waals surface area contributed by atoms with E-state index in [0.717, 1.165) is 21.9 Å². The molecule has 100 valence electrons. The predicted molar refractivity (Wildman–Crippen MR) is 82.5 cm³/mol. The average molecular weight is 291 g/mol. The van der Waals surface area contributed by atoms with E-state index in [1.807, 2.05) is 30.9 Å². The highest BCUT2D eigenvalue weighted by Gasteiger charge is 2.18. The number of rotatable bonds is 4. The molecule has 0 bridgehead atoms. The number of hydrogen-bond donors (Lipinski definition) is 1. The largest absolute Gasteiger partial charge is 0.315 e. The molecular formula is C14H17N3S2. The lowest BCUT2D eigenvalue weighted by Crippen LogP contribution is -1.99. The van der Waals surface area contributed by atoms with Crippen LogP contribution in [-0.2, 0) is 0 Å². The Morgan fingerprint density at radius 2 is 2.21 bits per heavy atom. The van der Waals surface area contributed by atoms with Crippen molar-refractivity contribution in [2.75, 3.05) is 5.32 Å². The fraction of sp³-hybridized carbons (Fsp3) is 0.429. The van der Waals surface area contributed by atoms with Crippen LogP contribution in [0.2, 0.25) is 0 Å². The van der Waals surface area contributed by atoms with E-state index in [0.29, 0.717) is 0 Å². The van der Waals surface area contributed by atoms with Crippen molar-refractivity contribution in [2.24, 2.45) is 0 Å². The van der Waals surface area contributed by atoms with Crippen molar-refractivity contribution < 1.29 is 0 Å². The Hall–Kier alpha value is -1.07. The number of pyridine rings is 1. The Bertz CT molecular complexity index is 547. The van der Waals surface area contributed by atoms with Crippen molar-refractivity contribution in [2.45, 2.75) is 42.8 Å². The van der Waals surface area contributed by atoms with Crippen LogP contribution in [0.25, 0.3) is 0 Å². The van der Waals surface area contributed by atoms with E-state index in [2.05, 4.69) is 26.7 Å². The van der Waals surface area contributed by atoms with Gasteiger partial charge < -0.3 is 5.32 Å². The van der Waals surface area contributed by atoms with E-state index in [4.69, 9.17) is 0 Å². The number of thioether (sulfide) groups is 1. The zero-order valence-corrected chi connectivity index (χ0v) is 12.6. The number of aromatic nitrogens is 2. The monoisotopic (exact) mass is 291 g/mol. The summed E-state index contributed by atoms with van der Waals surface area (Å²) in [5, 5.41) is 7.07. The van der Waals surface area contributed by atoms with E-state index in [9.17, 15) is 0 Å². The summed E-state index contributed by atoms with van der Waals surface area (Å²) in [7, 11) is 0. The van der Waals surface area contributed by atoms with Gasteiger partial charge in [-0.25, -0.2) is 9.97 Å². The molecule has 0 atom stereocenters. The molecule has 0 spiro atoms. The first-order valence-electron chi connectivity index (χ1n) is 6.62. The molecule has 5 heteroatoms. The number of hydrogen-bond acceptors (Lipinski definition) is 5. The van der Waals surface area contributed by atoms with Gasteiger partial charge in [-0.1, -0.05) is 12.8 Å². The maximum atomic E-state index is 4.46. The van der Waals surface area contributed by atoms with Gasteiger partial charge in [0.15, 0.2) is 5.13 Å². The molecule has 0 unspecified atom stereocenters. The summed E-state index contributed by atoms with van der Waals surface area (Å²) >= 11 is 3.58. The van der Waals surface area contributed by atoms with Gasteiger partial charge in [0.2, 0.25) is 0 Å². The summed E-state index contributed by atoms with van der Waals surface area (Å²) in [4.78, 5) is 10.1. The van der Waals surface area contributed by atoms with Gasteiger partial charge in [-0.05, 0) is 31.9 Å². The van der Waals surface area contributed by atoms with Gasteiger partial charge in [-0.2, -0.15) is 0 Å². The number of nitrogens with one attached hydrogen (secondary N) is 1. The van der Waals surface area contributed by atoms with Crippen LogP contribution in [0.5, 0.6) is 0 Å². The third kappa shape index (κ3) is 3.28. The Labute approximate surface area is 121 Å². The van der Waals surface area contributed by atoms with Crippen molar-refractivity contribution in [3.63, 3.8) is 0 Å². The van der Waals surface area contributed by atoms with E-state index in [-0.39, 0.29) is 0 Å². The first-order valence-corrected chi connectivity index (χ1v) is 8.38. The molecule has 1 fully saturated rings. The standard InChI is InChI=1S/C14H17N3S2/c1-10-9-18-14(16-10)17-13-12(7-4-8-15-13)19-11-5-2-3-6-11/h4,7-9,11H,2-3,5-6H2,1H3,(H,15,16,17). The zero-order valence-electron chi connectivity index (χ0n) is 10.9. The van der Waals surface area contributed by atoms with E-state index >= 15 is 0 Å². The molecule has 1 saturated carbocycles. The van der Waals surface area contributed by atoms with Crippen LogP contribution in [0.3, 0.4) is 0 Å². The average Bonchev–Trinajstić information content (AvgIpc) is 3.04. The fourth-order valence-corrected chi connectivity index (χ4v) is 4.27. The first-order chi connectivity index (χ1) is 9.31. The minimum Gasteiger partial charge on any atom is -0.315 e. The van der Waals surface area contributed by atoms with Crippen molar-refractivity contribution >= 4 is 34.0 Å². The lowest BCUT2D eigenvalue weighted by molar-refractivity contribution is 0.886. The van der Waals surface area contributed by atoms with Crippen LogP contribution in [0.15, 0.2) is 28.6 Å². The molecule has 0 saturated heterocycles. The molecule has 1 aliphatic carbocycles. The highest BCUT2D eigenvalue weighted by Crippen LogP contribution is 2.38. The number of thiazole rings is 1. The smallest absolute Gasteiger partial charge is 0.188 e. The number of anilines is 2. The van der Waals surface area contributed by atoms with Crippen LogP contribution in [-0.4, -0.2) is 15.2 Å². The third-order valence-corrected chi connectivity index (χ3v) is 5.47. The lowest BCUT2D eigenvalue weighted by Gasteiger charge is -2.12. The Kier molecular flexibility index (Phi) is 4.03. The minimum absolute atomic E-state index is 0.753. The topological polar surface area (TPSA) is 37.8 Å². The molecule has 0 aromatic carbocycles. The van der Waals surface area contributed by atoms with Crippen LogP contribution in [0.4, 0.5) is 10.9 Å². The van der Waals surface area contributed by atoms with Gasteiger partial charge in [0.1, 0.15) is 5.82 Å². The van der Waals surface area contributed by atoms with Crippen LogP contribution in [0.1, 0.15) is 31.4 Å². The van der Waals surface area contributed by atoms with Gasteiger partial charge >= 0.3 is 0 Å². The van der Waals surface area contributed by atoms with E-state index in [1.165, 1.54) is 30.6 Å². The van der Waals surface area contributed by atoms with Gasteiger partial charge in [0, 0.05) is 16.8 Å². The Morgan fingerprint density at radius 3 is 2.95 bits per heavy atom. The molecule has 1 N–H and O–H groups in total. The zero-order chi connectivity index (χ0) is 13.1. The lowest BCUT2D eigenvalue weighted by atomic mass is 10.4. The van der Waals surface area contributed by atoms with Gasteiger partial charge in [0.25, 0.3) is 0 Å². The summed E-state index contributed by atoms with van der Waals surface area (Å²) in [5.74, 6) is 0.939. The summed E-state index contributed by atoms with van der Waals surface area (Å²) < 4.78 is 0. The van der Waals surface area contributed by atoms with Crippen LogP contribution >= 0.6 is 23.1 Å². The van der Waals surface area contributed by atoms with Crippen molar-refractivity contribution in [3.05, 3.63) is 29.4 Å². The fourth-order valence-electron chi connectivity index (χ4n) is 2.28. The van der Waals surface area contributed by atoms with Crippen LogP contribution in [0, 0.1) is 6.92 Å². The second kappa shape index (κ2) is 5.92. The molecule has 2 heterocycles. The first kappa shape index (κ1) is 12.9.